The van der Waals surface area contributed by atoms with Crippen molar-refractivity contribution < 1.29 is 0 Å². The lowest BCUT2D eigenvalue weighted by Gasteiger charge is -2.24. The van der Waals surface area contributed by atoms with Crippen LogP contribution in [0.15, 0.2) is 24.1 Å². The van der Waals surface area contributed by atoms with Gasteiger partial charge in [0, 0.05) is 6.04 Å². The second-order valence-corrected chi connectivity index (χ2v) is 5.87. The molecule has 1 saturated carbocycles. The summed E-state index contributed by atoms with van der Waals surface area (Å²) in [5.74, 6) is 0. The van der Waals surface area contributed by atoms with Gasteiger partial charge in [-0.2, -0.15) is 0 Å². The van der Waals surface area contributed by atoms with E-state index in [2.05, 4.69) is 22.7 Å². The second-order valence-electron chi connectivity index (χ2n) is 4.51. The molecule has 0 unspecified atom stereocenters. The van der Waals surface area contributed by atoms with Gasteiger partial charge in [0.1, 0.15) is 0 Å². The Labute approximate surface area is 118 Å². The molecule has 1 heterocycles. The first-order chi connectivity index (χ1) is 8.75. The lowest BCUT2D eigenvalue weighted by Crippen LogP contribution is -2.47. The summed E-state index contributed by atoms with van der Waals surface area (Å²) in [5, 5.41) is 6.02. The van der Waals surface area contributed by atoms with Crippen molar-refractivity contribution in [2.24, 2.45) is 0 Å². The summed E-state index contributed by atoms with van der Waals surface area (Å²) in [6.45, 7) is 3.97. The second kappa shape index (κ2) is 6.75. The Morgan fingerprint density at radius 2 is 2.06 bits per heavy atom. The maximum absolute atomic E-state index is 5.26. The van der Waals surface area contributed by atoms with Crippen molar-refractivity contribution in [1.82, 2.24) is 16.2 Å². The number of thiophene rings is 1. The van der Waals surface area contributed by atoms with Crippen LogP contribution < -0.4 is 16.2 Å². The summed E-state index contributed by atoms with van der Waals surface area (Å²) >= 11 is 6.91. The minimum Gasteiger partial charge on any atom is -0.359 e. The minimum absolute atomic E-state index is 0.524. The van der Waals surface area contributed by atoms with Crippen LogP contribution in [0.1, 0.15) is 37.0 Å². The first kappa shape index (κ1) is 13.4. The predicted molar refractivity (Wildman–Crippen MR) is 82.2 cm³/mol. The van der Waals surface area contributed by atoms with Crippen LogP contribution in [0.4, 0.5) is 0 Å². The molecule has 1 fully saturated rings. The van der Waals surface area contributed by atoms with Gasteiger partial charge >= 0.3 is 0 Å². The molecule has 3 N–H and O–H groups in total. The van der Waals surface area contributed by atoms with Crippen LogP contribution in [-0.4, -0.2) is 11.2 Å². The summed E-state index contributed by atoms with van der Waals surface area (Å²) in [6, 6.07) is 4.56. The van der Waals surface area contributed by atoms with E-state index in [-0.39, 0.29) is 0 Å². The number of nitrogens with one attached hydrogen (secondary N) is 3. The van der Waals surface area contributed by atoms with Gasteiger partial charge in [-0.25, -0.2) is 0 Å². The zero-order chi connectivity index (χ0) is 12.8. The number of hydrogen-bond donors (Lipinski definition) is 3. The molecule has 1 aliphatic rings. The zero-order valence-electron chi connectivity index (χ0n) is 10.4. The molecule has 0 bridgehead atoms. The van der Waals surface area contributed by atoms with Crippen molar-refractivity contribution >= 4 is 34.4 Å². The molecule has 2 rings (SSSR count). The zero-order valence-corrected chi connectivity index (χ0v) is 12.0. The Balaban J connectivity index is 1.69. The van der Waals surface area contributed by atoms with Crippen LogP contribution in [0.2, 0.25) is 0 Å². The van der Waals surface area contributed by atoms with Crippen molar-refractivity contribution in [1.29, 1.82) is 0 Å². The van der Waals surface area contributed by atoms with Crippen molar-refractivity contribution in [3.63, 3.8) is 0 Å². The van der Waals surface area contributed by atoms with Crippen LogP contribution in [0.25, 0.3) is 5.70 Å². The Bertz CT molecular complexity index is 394. The molecule has 98 valence electrons. The SMILES string of the molecule is C=C(NNC(=S)NC1CCCCC1)c1cccs1. The van der Waals surface area contributed by atoms with Crippen LogP contribution in [0, 0.1) is 0 Å². The Kier molecular flexibility index (Phi) is 5.01. The van der Waals surface area contributed by atoms with Gasteiger partial charge in [-0.1, -0.05) is 31.9 Å². The molecule has 1 aromatic heterocycles. The van der Waals surface area contributed by atoms with Gasteiger partial charge in [0.15, 0.2) is 5.11 Å². The van der Waals surface area contributed by atoms with Crippen LogP contribution >= 0.6 is 23.6 Å². The summed E-state index contributed by atoms with van der Waals surface area (Å²) < 4.78 is 0. The van der Waals surface area contributed by atoms with E-state index in [1.165, 1.54) is 32.1 Å². The molecule has 0 spiro atoms. The lowest BCUT2D eigenvalue weighted by molar-refractivity contribution is 0.411. The van der Waals surface area contributed by atoms with E-state index in [1.54, 1.807) is 11.3 Å². The first-order valence-corrected chi connectivity index (χ1v) is 7.60. The van der Waals surface area contributed by atoms with Gasteiger partial charge in [0.25, 0.3) is 0 Å². The van der Waals surface area contributed by atoms with Gasteiger partial charge in [-0.05, 0) is 36.5 Å². The summed E-state index contributed by atoms with van der Waals surface area (Å²) in [5.41, 5.74) is 6.88. The molecular formula is C13H19N3S2. The Morgan fingerprint density at radius 1 is 1.28 bits per heavy atom. The van der Waals surface area contributed by atoms with Crippen molar-refractivity contribution in [3.8, 4) is 0 Å². The van der Waals surface area contributed by atoms with Crippen LogP contribution in [0.5, 0.6) is 0 Å². The highest BCUT2D eigenvalue weighted by atomic mass is 32.1. The highest BCUT2D eigenvalue weighted by molar-refractivity contribution is 7.80. The molecule has 0 saturated heterocycles. The maximum Gasteiger partial charge on any atom is 0.185 e. The van der Waals surface area contributed by atoms with E-state index < -0.39 is 0 Å². The van der Waals surface area contributed by atoms with Gasteiger partial charge in [-0.15, -0.1) is 11.3 Å². The highest BCUT2D eigenvalue weighted by Crippen LogP contribution is 2.17. The van der Waals surface area contributed by atoms with E-state index in [4.69, 9.17) is 12.2 Å². The molecule has 0 aliphatic heterocycles. The van der Waals surface area contributed by atoms with Crippen molar-refractivity contribution in [3.05, 3.63) is 29.0 Å². The van der Waals surface area contributed by atoms with Crippen molar-refractivity contribution in [2.45, 2.75) is 38.1 Å². The lowest BCUT2D eigenvalue weighted by atomic mass is 9.96. The van der Waals surface area contributed by atoms with E-state index in [0.29, 0.717) is 11.2 Å². The maximum atomic E-state index is 5.26. The van der Waals surface area contributed by atoms with Crippen LogP contribution in [-0.2, 0) is 0 Å². The number of hydrogen-bond acceptors (Lipinski definition) is 3. The van der Waals surface area contributed by atoms with Gasteiger partial charge in [-0.3, -0.25) is 10.9 Å². The fraction of sp³-hybridized carbons (Fsp3) is 0.462. The van der Waals surface area contributed by atoms with E-state index in [9.17, 15) is 0 Å². The Morgan fingerprint density at radius 3 is 2.72 bits per heavy atom. The molecule has 1 aliphatic carbocycles. The molecular weight excluding hydrogens is 262 g/mol. The van der Waals surface area contributed by atoms with E-state index in [0.717, 1.165) is 10.6 Å². The predicted octanol–water partition coefficient (Wildman–Crippen LogP) is 3.02. The molecule has 5 heteroatoms. The monoisotopic (exact) mass is 281 g/mol. The number of hydrazine groups is 1. The molecule has 0 radical (unpaired) electrons. The van der Waals surface area contributed by atoms with Crippen molar-refractivity contribution in [2.75, 3.05) is 0 Å². The normalized spacial score (nSPS) is 16.0. The topological polar surface area (TPSA) is 36.1 Å². The fourth-order valence-electron chi connectivity index (χ4n) is 2.11. The van der Waals surface area contributed by atoms with Gasteiger partial charge < -0.3 is 5.32 Å². The fourth-order valence-corrected chi connectivity index (χ4v) is 2.98. The minimum atomic E-state index is 0.524. The standard InChI is InChI=1S/C13H19N3S2/c1-10(12-8-5-9-18-12)15-16-13(17)14-11-6-3-2-4-7-11/h5,8-9,11,15H,1-4,6-7H2,(H2,14,16,17). The average Bonchev–Trinajstić information content (AvgIpc) is 2.91. The summed E-state index contributed by atoms with van der Waals surface area (Å²) in [6.07, 6.45) is 6.39. The number of thiocarbonyl (C=S) groups is 1. The molecule has 0 atom stereocenters. The third-order valence-electron chi connectivity index (χ3n) is 3.09. The average molecular weight is 281 g/mol. The molecule has 18 heavy (non-hydrogen) atoms. The van der Waals surface area contributed by atoms with Gasteiger partial charge in [0.05, 0.1) is 10.6 Å². The van der Waals surface area contributed by atoms with Crippen LogP contribution in [0.3, 0.4) is 0 Å². The third kappa shape index (κ3) is 3.99. The summed E-state index contributed by atoms with van der Waals surface area (Å²) in [7, 11) is 0. The first-order valence-electron chi connectivity index (χ1n) is 6.31. The third-order valence-corrected chi connectivity index (χ3v) is 4.24. The smallest absolute Gasteiger partial charge is 0.185 e. The number of rotatable bonds is 4. The van der Waals surface area contributed by atoms with E-state index in [1.807, 2.05) is 17.5 Å². The highest BCUT2D eigenvalue weighted by Gasteiger charge is 2.13. The summed E-state index contributed by atoms with van der Waals surface area (Å²) in [4.78, 5) is 1.11. The molecule has 0 amide bonds. The molecule has 0 aromatic carbocycles. The largest absolute Gasteiger partial charge is 0.359 e. The molecule has 1 aromatic rings. The Hall–Kier alpha value is -1.07. The molecule has 3 nitrogen and oxygen atoms in total. The van der Waals surface area contributed by atoms with E-state index >= 15 is 0 Å². The van der Waals surface area contributed by atoms with Gasteiger partial charge in [0.2, 0.25) is 0 Å². The quantitative estimate of drug-likeness (QED) is 0.586.